The Bertz CT molecular complexity index is 942. The molecule has 0 spiro atoms. The Morgan fingerprint density at radius 3 is 2.57 bits per heavy atom. The average Bonchev–Trinajstić information content (AvgIpc) is 2.93. The summed E-state index contributed by atoms with van der Waals surface area (Å²) < 4.78 is 18.7. The molecule has 2 aromatic carbocycles. The van der Waals surface area contributed by atoms with Gasteiger partial charge in [0, 0.05) is 6.54 Å². The summed E-state index contributed by atoms with van der Waals surface area (Å²) in [5.74, 6) is 0.166. The van der Waals surface area contributed by atoms with Gasteiger partial charge in [-0.1, -0.05) is 17.7 Å². The fraction of sp³-hybridized carbons (Fsp3) is 0.238. The lowest BCUT2D eigenvalue weighted by atomic mass is 10.2. The van der Waals surface area contributed by atoms with Gasteiger partial charge in [-0.25, -0.2) is 9.38 Å². The largest absolute Gasteiger partial charge is 0.489 e. The van der Waals surface area contributed by atoms with Crippen molar-refractivity contribution in [2.75, 3.05) is 6.54 Å². The molecule has 0 unspecified atom stereocenters. The van der Waals surface area contributed by atoms with Crippen molar-refractivity contribution in [3.63, 3.8) is 0 Å². The molecule has 0 aliphatic carbocycles. The van der Waals surface area contributed by atoms with Crippen molar-refractivity contribution in [1.29, 1.82) is 0 Å². The quantitative estimate of drug-likeness (QED) is 0.568. The van der Waals surface area contributed by atoms with E-state index in [4.69, 9.17) is 16.3 Å². The van der Waals surface area contributed by atoms with Crippen LogP contribution in [0.15, 0.2) is 52.4 Å². The first kappa shape index (κ1) is 20.4. The minimum Gasteiger partial charge on any atom is -0.489 e. The minimum atomic E-state index is -0.325. The monoisotopic (exact) mass is 418 g/mol. The van der Waals surface area contributed by atoms with E-state index in [1.807, 2.05) is 26.8 Å². The van der Waals surface area contributed by atoms with Crippen LogP contribution in [0.4, 0.5) is 10.1 Å². The number of amides is 1. The lowest BCUT2D eigenvalue weighted by molar-refractivity contribution is -0.122. The number of hydrogen-bond acceptors (Lipinski definition) is 4. The van der Waals surface area contributed by atoms with Crippen LogP contribution in [0.25, 0.3) is 6.08 Å². The predicted molar refractivity (Wildman–Crippen MR) is 114 cm³/mol. The molecule has 1 heterocycles. The van der Waals surface area contributed by atoms with Crippen molar-refractivity contribution in [1.82, 2.24) is 4.90 Å². The Morgan fingerprint density at radius 1 is 1.25 bits per heavy atom. The molecule has 0 N–H and O–H groups in total. The number of thioether (sulfide) groups is 1. The zero-order chi connectivity index (χ0) is 20.3. The zero-order valence-electron chi connectivity index (χ0n) is 15.8. The molecular weight excluding hydrogens is 399 g/mol. The lowest BCUT2D eigenvalue weighted by Crippen LogP contribution is -2.28. The van der Waals surface area contributed by atoms with Crippen LogP contribution in [-0.2, 0) is 4.79 Å². The normalized spacial score (nSPS) is 17.2. The summed E-state index contributed by atoms with van der Waals surface area (Å²) in [6, 6.07) is 11.3. The topological polar surface area (TPSA) is 41.9 Å². The molecule has 1 aliphatic rings. The van der Waals surface area contributed by atoms with E-state index in [1.54, 1.807) is 35.2 Å². The fourth-order valence-corrected chi connectivity index (χ4v) is 3.90. The molecule has 1 amide bonds. The first-order valence-corrected chi connectivity index (χ1v) is 10.1. The number of likely N-dealkylation sites (N-methyl/N-ethyl adjacent to an activating group) is 1. The predicted octanol–water partition coefficient (Wildman–Crippen LogP) is 5.89. The summed E-state index contributed by atoms with van der Waals surface area (Å²) in [6.07, 6.45) is 1.81. The smallest absolute Gasteiger partial charge is 0.266 e. The maximum absolute atomic E-state index is 13.1. The Morgan fingerprint density at radius 2 is 1.96 bits per heavy atom. The van der Waals surface area contributed by atoms with Crippen molar-refractivity contribution in [3.05, 3.63) is 63.8 Å². The van der Waals surface area contributed by atoms with Crippen LogP contribution >= 0.6 is 23.4 Å². The third-order valence-corrected chi connectivity index (χ3v) is 5.17. The van der Waals surface area contributed by atoms with Gasteiger partial charge < -0.3 is 4.74 Å². The highest BCUT2D eigenvalue weighted by Crippen LogP contribution is 2.35. The fourth-order valence-electron chi connectivity index (χ4n) is 2.60. The molecule has 0 saturated carbocycles. The number of halogens is 2. The maximum atomic E-state index is 13.1. The lowest BCUT2D eigenvalue weighted by Gasteiger charge is -2.12. The third-order valence-electron chi connectivity index (χ3n) is 3.87. The second-order valence-corrected chi connectivity index (χ2v) is 7.80. The molecule has 4 nitrogen and oxygen atoms in total. The van der Waals surface area contributed by atoms with Crippen LogP contribution in [0.2, 0.25) is 5.02 Å². The first-order chi connectivity index (χ1) is 13.4. The number of nitrogens with zero attached hydrogens (tertiary/aromatic N) is 2. The van der Waals surface area contributed by atoms with Crippen LogP contribution in [0.1, 0.15) is 26.3 Å². The van der Waals surface area contributed by atoms with E-state index in [0.29, 0.717) is 33.1 Å². The van der Waals surface area contributed by atoms with Gasteiger partial charge in [0.1, 0.15) is 11.6 Å². The van der Waals surface area contributed by atoms with Gasteiger partial charge in [0.25, 0.3) is 5.91 Å². The molecular formula is C21H20ClFN2O2S. The van der Waals surface area contributed by atoms with E-state index >= 15 is 0 Å². The zero-order valence-corrected chi connectivity index (χ0v) is 17.4. The average molecular weight is 419 g/mol. The van der Waals surface area contributed by atoms with Gasteiger partial charge in [-0.15, -0.1) is 0 Å². The van der Waals surface area contributed by atoms with E-state index in [9.17, 15) is 9.18 Å². The Balaban J connectivity index is 1.87. The molecule has 2 aromatic rings. The summed E-state index contributed by atoms with van der Waals surface area (Å²) in [4.78, 5) is 19.4. The molecule has 3 rings (SSSR count). The van der Waals surface area contributed by atoms with Gasteiger partial charge in [-0.3, -0.25) is 9.69 Å². The van der Waals surface area contributed by atoms with Crippen molar-refractivity contribution >= 4 is 46.2 Å². The molecule has 0 radical (unpaired) electrons. The standard InChI is InChI=1S/C21H20ClFN2O2S/c1-4-25-20(26)19(28-21(25)24-16-8-6-15(23)7-9-16)12-14-5-10-18(17(22)11-14)27-13(2)3/h5-13H,4H2,1-3H3/b19-12+,24-21?. The molecule has 1 saturated heterocycles. The highest BCUT2D eigenvalue weighted by atomic mass is 35.5. The van der Waals surface area contributed by atoms with E-state index in [1.165, 1.54) is 23.9 Å². The van der Waals surface area contributed by atoms with Crippen LogP contribution < -0.4 is 4.74 Å². The van der Waals surface area contributed by atoms with Crippen molar-refractivity contribution in [2.24, 2.45) is 4.99 Å². The Labute approximate surface area is 173 Å². The number of carbonyl (C=O) groups excluding carboxylic acids is 1. The summed E-state index contributed by atoms with van der Waals surface area (Å²) in [7, 11) is 0. The summed E-state index contributed by atoms with van der Waals surface area (Å²) in [5, 5.41) is 1.06. The first-order valence-electron chi connectivity index (χ1n) is 8.89. The highest BCUT2D eigenvalue weighted by Gasteiger charge is 2.32. The summed E-state index contributed by atoms with van der Waals surface area (Å²) in [5.41, 5.74) is 1.39. The molecule has 1 aliphatic heterocycles. The molecule has 0 atom stereocenters. The number of carbonyl (C=O) groups is 1. The van der Waals surface area contributed by atoms with Crippen LogP contribution in [0, 0.1) is 5.82 Å². The van der Waals surface area contributed by atoms with Crippen molar-refractivity contribution in [3.8, 4) is 5.75 Å². The molecule has 28 heavy (non-hydrogen) atoms. The van der Waals surface area contributed by atoms with Gasteiger partial charge in [0.15, 0.2) is 5.17 Å². The van der Waals surface area contributed by atoms with Crippen LogP contribution in [-0.4, -0.2) is 28.6 Å². The second-order valence-electron chi connectivity index (χ2n) is 6.39. The molecule has 0 aromatic heterocycles. The molecule has 1 fully saturated rings. The van der Waals surface area contributed by atoms with Gasteiger partial charge in [0.2, 0.25) is 0 Å². The number of ether oxygens (including phenoxy) is 1. The SMILES string of the molecule is CCN1C(=O)/C(=C\c2ccc(OC(C)C)c(Cl)c2)SC1=Nc1ccc(F)cc1. The third kappa shape index (κ3) is 4.75. The van der Waals surface area contributed by atoms with Gasteiger partial charge in [-0.05, 0) is 80.6 Å². The molecule has 0 bridgehead atoms. The van der Waals surface area contributed by atoms with Gasteiger partial charge >= 0.3 is 0 Å². The van der Waals surface area contributed by atoms with E-state index < -0.39 is 0 Å². The Kier molecular flexibility index (Phi) is 6.42. The second kappa shape index (κ2) is 8.80. The van der Waals surface area contributed by atoms with Crippen molar-refractivity contribution < 1.29 is 13.9 Å². The number of benzene rings is 2. The van der Waals surface area contributed by atoms with E-state index in [0.717, 1.165) is 5.56 Å². The Hall–Kier alpha value is -2.31. The number of aliphatic imine (C=N–C) groups is 1. The maximum Gasteiger partial charge on any atom is 0.266 e. The van der Waals surface area contributed by atoms with Gasteiger partial charge in [-0.2, -0.15) is 0 Å². The number of hydrogen-bond donors (Lipinski definition) is 0. The number of amidine groups is 1. The van der Waals surface area contributed by atoms with Crippen molar-refractivity contribution in [2.45, 2.75) is 26.9 Å². The summed E-state index contributed by atoms with van der Waals surface area (Å²) >= 11 is 7.57. The molecule has 7 heteroatoms. The highest BCUT2D eigenvalue weighted by molar-refractivity contribution is 8.18. The van der Waals surface area contributed by atoms with Gasteiger partial charge in [0.05, 0.1) is 21.7 Å². The van der Waals surface area contributed by atoms with Crippen LogP contribution in [0.5, 0.6) is 5.75 Å². The minimum absolute atomic E-state index is 0.0250. The van der Waals surface area contributed by atoms with Crippen LogP contribution in [0.3, 0.4) is 0 Å². The molecule has 146 valence electrons. The number of rotatable bonds is 5. The van der Waals surface area contributed by atoms with E-state index in [-0.39, 0.29) is 17.8 Å². The summed E-state index contributed by atoms with van der Waals surface area (Å²) in [6.45, 7) is 6.24. The van der Waals surface area contributed by atoms with E-state index in [2.05, 4.69) is 4.99 Å².